The molecule has 0 spiro atoms. The molecule has 1 atom stereocenters. The molecule has 26 heavy (non-hydrogen) atoms. The van der Waals surface area contributed by atoms with Crippen molar-refractivity contribution in [2.24, 2.45) is 5.92 Å². The Labute approximate surface area is 155 Å². The zero-order valence-corrected chi connectivity index (χ0v) is 15.8. The number of alkyl carbamates (subject to hydrolysis) is 1. The quantitative estimate of drug-likeness (QED) is 0.840. The van der Waals surface area contributed by atoms with E-state index >= 15 is 0 Å². The van der Waals surface area contributed by atoms with Gasteiger partial charge in [-0.05, 0) is 45.1 Å². The predicted molar refractivity (Wildman–Crippen MR) is 98.3 cm³/mol. The van der Waals surface area contributed by atoms with Gasteiger partial charge < -0.3 is 14.8 Å². The number of carbonyl (C=O) groups is 2. The lowest BCUT2D eigenvalue weighted by Gasteiger charge is -2.32. The molecular formula is C19H29N3O4. The van der Waals surface area contributed by atoms with E-state index < -0.39 is 17.8 Å². The molecule has 144 valence electrons. The molecule has 0 bridgehead atoms. The molecular weight excluding hydrogens is 334 g/mol. The van der Waals surface area contributed by atoms with Crippen molar-refractivity contribution in [3.63, 3.8) is 0 Å². The largest absolute Gasteiger partial charge is 0.444 e. The Hall–Kier alpha value is -2.28. The third kappa shape index (κ3) is 7.74. The van der Waals surface area contributed by atoms with Gasteiger partial charge in [-0.2, -0.15) is 0 Å². The van der Waals surface area contributed by atoms with Gasteiger partial charge in [0.1, 0.15) is 12.2 Å². The van der Waals surface area contributed by atoms with Gasteiger partial charge in [0, 0.05) is 19.6 Å². The molecule has 7 nitrogen and oxygen atoms in total. The molecule has 0 aliphatic carbocycles. The third-order valence-electron chi connectivity index (χ3n) is 3.92. The maximum absolute atomic E-state index is 11.9. The molecule has 0 saturated carbocycles. The molecule has 1 unspecified atom stereocenters. The number of carbonyl (C=O) groups excluding carboxylic acids is 2. The SMILES string of the molecule is CC(C)(C)OC(=O)NCC1CCCN(NC(=O)OCc2ccccc2)C1. The first-order valence-electron chi connectivity index (χ1n) is 9.01. The van der Waals surface area contributed by atoms with Gasteiger partial charge in [-0.25, -0.2) is 14.6 Å². The molecule has 1 aliphatic rings. The molecule has 2 N–H and O–H groups in total. The van der Waals surface area contributed by atoms with Gasteiger partial charge in [0.2, 0.25) is 0 Å². The molecule has 0 aromatic heterocycles. The van der Waals surface area contributed by atoms with E-state index in [4.69, 9.17) is 9.47 Å². The minimum Gasteiger partial charge on any atom is -0.444 e. The van der Waals surface area contributed by atoms with Gasteiger partial charge in [0.05, 0.1) is 0 Å². The third-order valence-corrected chi connectivity index (χ3v) is 3.92. The summed E-state index contributed by atoms with van der Waals surface area (Å²) in [7, 11) is 0. The summed E-state index contributed by atoms with van der Waals surface area (Å²) in [5, 5.41) is 4.64. The summed E-state index contributed by atoms with van der Waals surface area (Å²) in [5.74, 6) is 0.255. The fourth-order valence-electron chi connectivity index (χ4n) is 2.76. The topological polar surface area (TPSA) is 79.9 Å². The lowest BCUT2D eigenvalue weighted by Crippen LogP contribution is -2.50. The van der Waals surface area contributed by atoms with E-state index in [2.05, 4.69) is 10.7 Å². The molecule has 1 aromatic rings. The van der Waals surface area contributed by atoms with Gasteiger partial charge in [0.25, 0.3) is 0 Å². The van der Waals surface area contributed by atoms with E-state index in [-0.39, 0.29) is 12.5 Å². The highest BCUT2D eigenvalue weighted by atomic mass is 16.6. The summed E-state index contributed by atoms with van der Waals surface area (Å²) in [6, 6.07) is 9.55. The van der Waals surface area contributed by atoms with Gasteiger partial charge >= 0.3 is 12.2 Å². The number of hydrogen-bond acceptors (Lipinski definition) is 5. The number of hydrogen-bond donors (Lipinski definition) is 2. The minimum absolute atomic E-state index is 0.240. The highest BCUT2D eigenvalue weighted by Crippen LogP contribution is 2.15. The smallest absolute Gasteiger partial charge is 0.422 e. The van der Waals surface area contributed by atoms with Crippen LogP contribution in [0.25, 0.3) is 0 Å². The fourth-order valence-corrected chi connectivity index (χ4v) is 2.76. The lowest BCUT2D eigenvalue weighted by atomic mass is 9.99. The number of amides is 2. The van der Waals surface area contributed by atoms with Crippen molar-refractivity contribution in [1.29, 1.82) is 0 Å². The predicted octanol–water partition coefficient (Wildman–Crippen LogP) is 3.06. The molecule has 2 rings (SSSR count). The summed E-state index contributed by atoms with van der Waals surface area (Å²) < 4.78 is 10.5. The highest BCUT2D eigenvalue weighted by Gasteiger charge is 2.23. The second kappa shape index (κ2) is 9.43. The van der Waals surface area contributed by atoms with Crippen LogP contribution in [-0.4, -0.2) is 42.4 Å². The van der Waals surface area contributed by atoms with Crippen LogP contribution < -0.4 is 10.7 Å². The number of nitrogens with zero attached hydrogens (tertiary/aromatic N) is 1. The zero-order chi connectivity index (χ0) is 19.0. The van der Waals surface area contributed by atoms with Gasteiger partial charge in [-0.15, -0.1) is 0 Å². The van der Waals surface area contributed by atoms with Crippen LogP contribution in [0.3, 0.4) is 0 Å². The second-order valence-corrected chi connectivity index (χ2v) is 7.51. The number of benzene rings is 1. The average molecular weight is 363 g/mol. The van der Waals surface area contributed by atoms with Crippen molar-refractivity contribution >= 4 is 12.2 Å². The number of piperidine rings is 1. The molecule has 0 radical (unpaired) electrons. The molecule has 1 aromatic carbocycles. The molecule has 7 heteroatoms. The van der Waals surface area contributed by atoms with Crippen LogP contribution in [0, 0.1) is 5.92 Å². The Kier molecular flexibility index (Phi) is 7.26. The van der Waals surface area contributed by atoms with Crippen LogP contribution in [0.2, 0.25) is 0 Å². The number of ether oxygens (including phenoxy) is 2. The van der Waals surface area contributed by atoms with Crippen molar-refractivity contribution < 1.29 is 19.1 Å². The van der Waals surface area contributed by atoms with Crippen molar-refractivity contribution in [2.45, 2.75) is 45.8 Å². The van der Waals surface area contributed by atoms with Crippen molar-refractivity contribution in [2.75, 3.05) is 19.6 Å². The highest BCUT2D eigenvalue weighted by molar-refractivity contribution is 5.67. The van der Waals surface area contributed by atoms with Crippen molar-refractivity contribution in [3.05, 3.63) is 35.9 Å². The Balaban J connectivity index is 1.68. The fraction of sp³-hybridized carbons (Fsp3) is 0.579. The van der Waals surface area contributed by atoms with Crippen LogP contribution in [0.4, 0.5) is 9.59 Å². The molecule has 1 aliphatic heterocycles. The first kappa shape index (κ1) is 20.0. The zero-order valence-electron chi connectivity index (χ0n) is 15.8. The standard InChI is InChI=1S/C19H29N3O4/c1-19(2,3)26-17(23)20-12-16-10-7-11-22(13-16)21-18(24)25-14-15-8-5-4-6-9-15/h4-6,8-9,16H,7,10-14H2,1-3H3,(H,20,23)(H,21,24). The number of hydrazine groups is 1. The lowest BCUT2D eigenvalue weighted by molar-refractivity contribution is 0.0483. The minimum atomic E-state index is -0.507. The van der Waals surface area contributed by atoms with Crippen LogP contribution in [0.5, 0.6) is 0 Å². The monoisotopic (exact) mass is 363 g/mol. The van der Waals surface area contributed by atoms with Crippen molar-refractivity contribution in [1.82, 2.24) is 15.8 Å². The Morgan fingerprint density at radius 1 is 1.19 bits per heavy atom. The van der Waals surface area contributed by atoms with Crippen LogP contribution in [-0.2, 0) is 16.1 Å². The maximum Gasteiger partial charge on any atom is 0.422 e. The normalized spacial score (nSPS) is 18.0. The second-order valence-electron chi connectivity index (χ2n) is 7.51. The van der Waals surface area contributed by atoms with Crippen LogP contribution in [0.15, 0.2) is 30.3 Å². The van der Waals surface area contributed by atoms with E-state index in [0.717, 1.165) is 24.9 Å². The molecule has 1 heterocycles. The van der Waals surface area contributed by atoms with Crippen molar-refractivity contribution in [3.8, 4) is 0 Å². The summed E-state index contributed by atoms with van der Waals surface area (Å²) in [5.41, 5.74) is 3.21. The van der Waals surface area contributed by atoms with Gasteiger partial charge in [0.15, 0.2) is 0 Å². The molecule has 2 amide bonds. The Morgan fingerprint density at radius 2 is 1.92 bits per heavy atom. The number of rotatable bonds is 5. The van der Waals surface area contributed by atoms with E-state index in [9.17, 15) is 9.59 Å². The summed E-state index contributed by atoms with van der Waals surface area (Å²) in [6.07, 6.45) is 1.06. The first-order valence-corrected chi connectivity index (χ1v) is 9.01. The molecule has 1 saturated heterocycles. The van der Waals surface area contributed by atoms with E-state index in [1.165, 1.54) is 0 Å². The maximum atomic E-state index is 11.9. The summed E-state index contributed by atoms with van der Waals surface area (Å²) >= 11 is 0. The van der Waals surface area contributed by atoms with Gasteiger partial charge in [-0.3, -0.25) is 5.43 Å². The van der Waals surface area contributed by atoms with E-state index in [0.29, 0.717) is 13.1 Å². The average Bonchev–Trinajstić information content (AvgIpc) is 2.58. The summed E-state index contributed by atoms with van der Waals surface area (Å²) in [6.45, 7) is 7.69. The van der Waals surface area contributed by atoms with E-state index in [1.807, 2.05) is 56.1 Å². The van der Waals surface area contributed by atoms with Gasteiger partial charge in [-0.1, -0.05) is 30.3 Å². The molecule has 1 fully saturated rings. The Morgan fingerprint density at radius 3 is 2.62 bits per heavy atom. The van der Waals surface area contributed by atoms with E-state index in [1.54, 1.807) is 0 Å². The Bertz CT molecular complexity index is 586. The van der Waals surface area contributed by atoms with Crippen LogP contribution in [0.1, 0.15) is 39.2 Å². The van der Waals surface area contributed by atoms with Crippen LogP contribution >= 0.6 is 0 Å². The summed E-state index contributed by atoms with van der Waals surface area (Å²) in [4.78, 5) is 23.7. The number of nitrogens with one attached hydrogen (secondary N) is 2. The first-order chi connectivity index (χ1) is 12.3.